The number of hydrogen-bond donors (Lipinski definition) is 0. The number of nitrogens with zero attached hydrogens (tertiary/aromatic N) is 3. The van der Waals surface area contributed by atoms with Crippen molar-refractivity contribution >= 4 is 29.2 Å². The third kappa shape index (κ3) is 2.37. The molecule has 0 N–H and O–H groups in total. The molecule has 3 aromatic rings. The second-order valence-corrected chi connectivity index (χ2v) is 5.87. The number of thiophene rings is 1. The summed E-state index contributed by atoms with van der Waals surface area (Å²) >= 11 is 7.34. The predicted molar refractivity (Wildman–Crippen MR) is 79.8 cm³/mol. The predicted octanol–water partition coefficient (Wildman–Crippen LogP) is 3.77. The highest BCUT2D eigenvalue weighted by atomic mass is 35.5. The smallest absolute Gasteiger partial charge is 0.153 e. The molecule has 0 unspecified atom stereocenters. The van der Waals surface area contributed by atoms with Gasteiger partial charge in [0, 0.05) is 23.3 Å². The fraction of sp³-hybridized carbons (Fsp3) is 0.0714. The zero-order valence-electron chi connectivity index (χ0n) is 10.6. The molecule has 0 fully saturated rings. The van der Waals surface area contributed by atoms with Crippen LogP contribution in [0.2, 0.25) is 4.34 Å². The molecule has 0 aliphatic rings. The lowest BCUT2D eigenvalue weighted by Gasteiger charge is -2.00. The Hall–Kier alpha value is -1.98. The van der Waals surface area contributed by atoms with Crippen molar-refractivity contribution in [3.8, 4) is 17.1 Å². The van der Waals surface area contributed by atoms with Crippen LogP contribution >= 0.6 is 22.9 Å². The molecule has 20 heavy (non-hydrogen) atoms. The van der Waals surface area contributed by atoms with Crippen LogP contribution in [0.25, 0.3) is 17.1 Å². The highest BCUT2D eigenvalue weighted by Gasteiger charge is 2.13. The summed E-state index contributed by atoms with van der Waals surface area (Å²) in [7, 11) is 0. The molecular weight excluding hydrogens is 294 g/mol. The number of pyridine rings is 1. The monoisotopic (exact) mass is 303 g/mol. The van der Waals surface area contributed by atoms with Crippen LogP contribution in [0.4, 0.5) is 0 Å². The molecule has 3 rings (SSSR count). The number of aryl methyl sites for hydroxylation is 1. The van der Waals surface area contributed by atoms with Crippen molar-refractivity contribution in [2.24, 2.45) is 0 Å². The van der Waals surface area contributed by atoms with Gasteiger partial charge < -0.3 is 0 Å². The minimum atomic E-state index is 0.516. The van der Waals surface area contributed by atoms with E-state index in [9.17, 15) is 4.79 Å². The Kier molecular flexibility index (Phi) is 3.38. The van der Waals surface area contributed by atoms with Gasteiger partial charge in [0.05, 0.1) is 9.90 Å². The molecule has 0 saturated carbocycles. The maximum absolute atomic E-state index is 11.2. The number of aromatic nitrogens is 3. The van der Waals surface area contributed by atoms with E-state index in [1.165, 1.54) is 11.3 Å². The molecule has 100 valence electrons. The lowest BCUT2D eigenvalue weighted by atomic mass is 10.2. The minimum Gasteiger partial charge on any atom is -0.298 e. The molecule has 0 atom stereocenters. The first-order valence-electron chi connectivity index (χ1n) is 5.89. The van der Waals surface area contributed by atoms with Crippen molar-refractivity contribution in [3.05, 3.63) is 51.4 Å². The largest absolute Gasteiger partial charge is 0.298 e. The van der Waals surface area contributed by atoms with Gasteiger partial charge in [0.1, 0.15) is 5.69 Å². The lowest BCUT2D eigenvalue weighted by molar-refractivity contribution is 0.112. The van der Waals surface area contributed by atoms with Crippen LogP contribution in [0.5, 0.6) is 0 Å². The topological polar surface area (TPSA) is 47.8 Å². The van der Waals surface area contributed by atoms with Gasteiger partial charge >= 0.3 is 0 Å². The average molecular weight is 304 g/mol. The van der Waals surface area contributed by atoms with Crippen molar-refractivity contribution in [2.45, 2.75) is 6.92 Å². The third-order valence-electron chi connectivity index (χ3n) is 2.85. The van der Waals surface area contributed by atoms with Gasteiger partial charge in [-0.05, 0) is 30.7 Å². The summed E-state index contributed by atoms with van der Waals surface area (Å²) in [5.74, 6) is 0.681. The summed E-state index contributed by atoms with van der Waals surface area (Å²) in [5, 5.41) is 6.33. The number of carbonyl (C=O) groups is 1. The van der Waals surface area contributed by atoms with E-state index in [-0.39, 0.29) is 0 Å². The van der Waals surface area contributed by atoms with E-state index in [1.807, 2.05) is 24.4 Å². The highest BCUT2D eigenvalue weighted by molar-refractivity contribution is 7.14. The summed E-state index contributed by atoms with van der Waals surface area (Å²) in [6.45, 7) is 1.98. The molecule has 0 aliphatic heterocycles. The van der Waals surface area contributed by atoms with Gasteiger partial charge in [0.25, 0.3) is 0 Å². The molecule has 0 radical (unpaired) electrons. The number of carbonyl (C=O) groups excluding carboxylic acids is 1. The van der Waals surface area contributed by atoms with Gasteiger partial charge in [-0.1, -0.05) is 11.6 Å². The number of rotatable bonds is 3. The molecule has 3 heterocycles. The van der Waals surface area contributed by atoms with Gasteiger partial charge in [-0.3, -0.25) is 4.79 Å². The Bertz CT molecular complexity index is 778. The second kappa shape index (κ2) is 5.19. The Balaban J connectivity index is 2.11. The molecular formula is C14H10ClN3OS. The van der Waals surface area contributed by atoms with E-state index >= 15 is 0 Å². The molecule has 4 nitrogen and oxygen atoms in total. The Morgan fingerprint density at radius 3 is 2.90 bits per heavy atom. The normalized spacial score (nSPS) is 10.7. The quantitative estimate of drug-likeness (QED) is 0.692. The molecule has 0 bridgehead atoms. The highest BCUT2D eigenvalue weighted by Crippen LogP contribution is 2.29. The standard InChI is InChI=1S/C14H10ClN3OS/c1-9-2-3-16-13(4-9)18-6-11(7-19)14(17-18)10-5-12(15)20-8-10/h2-8H,1H3. The van der Waals surface area contributed by atoms with E-state index in [2.05, 4.69) is 10.1 Å². The van der Waals surface area contributed by atoms with Crippen LogP contribution in [-0.2, 0) is 0 Å². The lowest BCUT2D eigenvalue weighted by Crippen LogP contribution is -1.98. The molecule has 0 saturated heterocycles. The molecule has 6 heteroatoms. The van der Waals surface area contributed by atoms with Gasteiger partial charge in [-0.2, -0.15) is 5.10 Å². The van der Waals surface area contributed by atoms with Gasteiger partial charge in [0.15, 0.2) is 12.1 Å². The van der Waals surface area contributed by atoms with Crippen LogP contribution in [-0.4, -0.2) is 21.1 Å². The summed E-state index contributed by atoms with van der Waals surface area (Å²) < 4.78 is 2.28. The minimum absolute atomic E-state index is 0.516. The Morgan fingerprint density at radius 2 is 2.25 bits per heavy atom. The van der Waals surface area contributed by atoms with Crippen molar-refractivity contribution in [1.29, 1.82) is 0 Å². The summed E-state index contributed by atoms with van der Waals surface area (Å²) in [6.07, 6.45) is 4.18. The van der Waals surface area contributed by atoms with Crippen molar-refractivity contribution < 1.29 is 4.79 Å². The first kappa shape index (κ1) is 13.0. The molecule has 0 amide bonds. The molecule has 3 aromatic heterocycles. The second-order valence-electron chi connectivity index (χ2n) is 4.33. The zero-order chi connectivity index (χ0) is 14.1. The summed E-state index contributed by atoms with van der Waals surface area (Å²) in [4.78, 5) is 15.5. The van der Waals surface area contributed by atoms with Gasteiger partial charge in [0.2, 0.25) is 0 Å². The maximum Gasteiger partial charge on any atom is 0.153 e. The average Bonchev–Trinajstić information content (AvgIpc) is 3.04. The number of aldehydes is 1. The molecule has 0 aromatic carbocycles. The van der Waals surface area contributed by atoms with Gasteiger partial charge in [-0.25, -0.2) is 9.67 Å². The van der Waals surface area contributed by atoms with E-state index in [1.54, 1.807) is 23.1 Å². The Labute approximate surface area is 124 Å². The number of hydrogen-bond acceptors (Lipinski definition) is 4. The van der Waals surface area contributed by atoms with Crippen molar-refractivity contribution in [1.82, 2.24) is 14.8 Å². The SMILES string of the molecule is Cc1ccnc(-n2cc(C=O)c(-c3csc(Cl)c3)n2)c1. The zero-order valence-corrected chi connectivity index (χ0v) is 12.1. The first-order valence-corrected chi connectivity index (χ1v) is 7.15. The van der Waals surface area contributed by atoms with E-state index in [4.69, 9.17) is 11.6 Å². The fourth-order valence-corrected chi connectivity index (χ4v) is 2.76. The molecule has 0 spiro atoms. The Morgan fingerprint density at radius 1 is 1.40 bits per heavy atom. The van der Waals surface area contributed by atoms with Gasteiger partial charge in [-0.15, -0.1) is 11.3 Å². The fourth-order valence-electron chi connectivity index (χ4n) is 1.89. The number of halogens is 1. The summed E-state index contributed by atoms with van der Waals surface area (Å²) in [6, 6.07) is 5.62. The van der Waals surface area contributed by atoms with E-state index in [0.717, 1.165) is 17.4 Å². The maximum atomic E-state index is 11.2. The van der Waals surface area contributed by atoms with Crippen LogP contribution in [0.1, 0.15) is 15.9 Å². The molecule has 0 aliphatic carbocycles. The van der Waals surface area contributed by atoms with Crippen LogP contribution in [0.15, 0.2) is 36.0 Å². The first-order chi connectivity index (χ1) is 9.67. The van der Waals surface area contributed by atoms with Crippen molar-refractivity contribution in [2.75, 3.05) is 0 Å². The van der Waals surface area contributed by atoms with Crippen molar-refractivity contribution in [3.63, 3.8) is 0 Å². The van der Waals surface area contributed by atoms with E-state index < -0.39 is 0 Å². The van der Waals surface area contributed by atoms with Crippen LogP contribution in [0.3, 0.4) is 0 Å². The van der Waals surface area contributed by atoms with Crippen LogP contribution < -0.4 is 0 Å². The van der Waals surface area contributed by atoms with Crippen LogP contribution in [0, 0.1) is 6.92 Å². The summed E-state index contributed by atoms with van der Waals surface area (Å²) in [5.41, 5.74) is 3.06. The van der Waals surface area contributed by atoms with E-state index in [0.29, 0.717) is 21.4 Å². The third-order valence-corrected chi connectivity index (χ3v) is 3.94.